The number of aliphatic imine (C=N–C) groups is 1. The molecule has 1 saturated heterocycles. The van der Waals surface area contributed by atoms with Gasteiger partial charge in [0.25, 0.3) is 0 Å². The summed E-state index contributed by atoms with van der Waals surface area (Å²) in [6.07, 6.45) is 6.79. The van der Waals surface area contributed by atoms with Crippen molar-refractivity contribution in [2.75, 3.05) is 53.5 Å². The maximum atomic E-state index is 5.47. The fraction of sp³-hybridized carbons (Fsp3) is 0.933. The summed E-state index contributed by atoms with van der Waals surface area (Å²) in [4.78, 5) is 6.81. The van der Waals surface area contributed by atoms with Crippen LogP contribution in [0.2, 0.25) is 0 Å². The lowest BCUT2D eigenvalue weighted by Gasteiger charge is -2.42. The van der Waals surface area contributed by atoms with E-state index in [1.165, 1.54) is 38.6 Å². The van der Waals surface area contributed by atoms with Crippen molar-refractivity contribution in [1.29, 1.82) is 0 Å². The minimum Gasteiger partial charge on any atom is -0.379 e. The van der Waals surface area contributed by atoms with Crippen molar-refractivity contribution < 1.29 is 4.74 Å². The molecule has 0 spiro atoms. The molecule has 6 heteroatoms. The summed E-state index contributed by atoms with van der Waals surface area (Å²) < 4.78 is 5.47. The number of ether oxygens (including phenoxy) is 1. The van der Waals surface area contributed by atoms with Crippen molar-refractivity contribution in [3.8, 4) is 0 Å². The molecular weight excluding hydrogens is 379 g/mol. The molecule has 0 radical (unpaired) electrons. The standard InChI is InChI=1S/C15H30N4O.HI/c1-16-14(17-2)18-12-15(6-4-3-5-7-15)13-19-8-10-20-11-9-19;/h3-13H2,1-2H3,(H2,16,17,18);1H. The van der Waals surface area contributed by atoms with Crippen LogP contribution in [0.25, 0.3) is 0 Å². The number of rotatable bonds is 4. The van der Waals surface area contributed by atoms with Gasteiger partial charge in [-0.1, -0.05) is 19.3 Å². The van der Waals surface area contributed by atoms with Crippen molar-refractivity contribution in [2.24, 2.45) is 10.4 Å². The maximum absolute atomic E-state index is 5.47. The first-order valence-corrected chi connectivity index (χ1v) is 7.96. The van der Waals surface area contributed by atoms with Crippen molar-refractivity contribution in [2.45, 2.75) is 32.1 Å². The summed E-state index contributed by atoms with van der Waals surface area (Å²) in [7, 11) is 3.75. The zero-order valence-electron chi connectivity index (χ0n) is 13.5. The monoisotopic (exact) mass is 410 g/mol. The molecule has 0 amide bonds. The summed E-state index contributed by atoms with van der Waals surface area (Å²) in [6.45, 7) is 6.18. The molecule has 0 aromatic heterocycles. The van der Waals surface area contributed by atoms with E-state index in [2.05, 4.69) is 20.5 Å². The third kappa shape index (κ3) is 5.90. The highest BCUT2D eigenvalue weighted by molar-refractivity contribution is 14.0. The van der Waals surface area contributed by atoms with Crippen LogP contribution < -0.4 is 10.6 Å². The summed E-state index contributed by atoms with van der Waals surface area (Å²) in [5.41, 5.74) is 0.405. The molecule has 2 rings (SSSR count). The molecule has 0 bridgehead atoms. The van der Waals surface area contributed by atoms with Gasteiger partial charge in [-0.2, -0.15) is 0 Å². The number of guanidine groups is 1. The fourth-order valence-electron chi connectivity index (χ4n) is 3.48. The number of halogens is 1. The minimum absolute atomic E-state index is 0. The van der Waals surface area contributed by atoms with Crippen LogP contribution in [0.4, 0.5) is 0 Å². The molecule has 1 aliphatic carbocycles. The number of hydrogen-bond acceptors (Lipinski definition) is 3. The molecule has 21 heavy (non-hydrogen) atoms. The average Bonchev–Trinajstić information content (AvgIpc) is 2.50. The molecule has 0 unspecified atom stereocenters. The SMILES string of the molecule is CN=C(NC)NCC1(CN2CCOCC2)CCCCC1.I. The smallest absolute Gasteiger partial charge is 0.190 e. The molecule has 1 aliphatic heterocycles. The summed E-state index contributed by atoms with van der Waals surface area (Å²) in [6, 6.07) is 0. The van der Waals surface area contributed by atoms with Crippen LogP contribution in [0.5, 0.6) is 0 Å². The lowest BCUT2D eigenvalue weighted by molar-refractivity contribution is 0.00821. The van der Waals surface area contributed by atoms with Gasteiger partial charge in [-0.15, -0.1) is 24.0 Å². The van der Waals surface area contributed by atoms with Crippen LogP contribution in [0.3, 0.4) is 0 Å². The van der Waals surface area contributed by atoms with E-state index in [1.807, 2.05) is 14.1 Å². The molecule has 0 aromatic rings. The molecule has 1 heterocycles. The zero-order chi connectivity index (χ0) is 14.3. The molecule has 0 aromatic carbocycles. The first-order chi connectivity index (χ1) is 9.78. The molecule has 124 valence electrons. The van der Waals surface area contributed by atoms with Gasteiger partial charge in [-0.05, 0) is 12.8 Å². The fourth-order valence-corrected chi connectivity index (χ4v) is 3.48. The highest BCUT2D eigenvalue weighted by Crippen LogP contribution is 2.36. The predicted molar refractivity (Wildman–Crippen MR) is 98.6 cm³/mol. The van der Waals surface area contributed by atoms with Gasteiger partial charge in [0.15, 0.2) is 5.96 Å². The summed E-state index contributed by atoms with van der Waals surface area (Å²) in [5.74, 6) is 0.900. The van der Waals surface area contributed by atoms with Gasteiger partial charge in [-0.25, -0.2) is 0 Å². The third-order valence-electron chi connectivity index (χ3n) is 4.67. The Hall–Kier alpha value is -0.0800. The molecule has 2 N–H and O–H groups in total. The third-order valence-corrected chi connectivity index (χ3v) is 4.67. The average molecular weight is 410 g/mol. The second-order valence-corrected chi connectivity index (χ2v) is 6.12. The van der Waals surface area contributed by atoms with Crippen molar-refractivity contribution >= 4 is 29.9 Å². The van der Waals surface area contributed by atoms with Gasteiger partial charge in [0.05, 0.1) is 13.2 Å². The van der Waals surface area contributed by atoms with Crippen LogP contribution in [-0.2, 0) is 4.74 Å². The Morgan fingerprint density at radius 1 is 1.19 bits per heavy atom. The zero-order valence-corrected chi connectivity index (χ0v) is 15.8. The van der Waals surface area contributed by atoms with Crippen LogP contribution in [0.1, 0.15) is 32.1 Å². The Bertz CT molecular complexity index is 313. The lowest BCUT2D eigenvalue weighted by atomic mass is 9.73. The minimum atomic E-state index is 0. The Kier molecular flexibility index (Phi) is 8.89. The molecular formula is C15H31IN4O. The van der Waals surface area contributed by atoms with E-state index in [1.54, 1.807) is 0 Å². The van der Waals surface area contributed by atoms with Gasteiger partial charge in [0.1, 0.15) is 0 Å². The van der Waals surface area contributed by atoms with E-state index in [0.717, 1.165) is 38.8 Å². The van der Waals surface area contributed by atoms with Crippen LogP contribution >= 0.6 is 24.0 Å². The number of hydrogen-bond donors (Lipinski definition) is 2. The Labute approximate surface area is 146 Å². The molecule has 2 fully saturated rings. The normalized spacial score (nSPS) is 23.2. The van der Waals surface area contributed by atoms with Gasteiger partial charge in [-0.3, -0.25) is 9.89 Å². The second-order valence-electron chi connectivity index (χ2n) is 6.12. The predicted octanol–water partition coefficient (Wildman–Crippen LogP) is 1.68. The first-order valence-electron chi connectivity index (χ1n) is 7.96. The van der Waals surface area contributed by atoms with Gasteiger partial charge >= 0.3 is 0 Å². The molecule has 0 atom stereocenters. The lowest BCUT2D eigenvalue weighted by Crippen LogP contribution is -2.50. The van der Waals surface area contributed by atoms with Crippen molar-refractivity contribution in [1.82, 2.24) is 15.5 Å². The topological polar surface area (TPSA) is 48.9 Å². The highest BCUT2D eigenvalue weighted by Gasteiger charge is 2.34. The van der Waals surface area contributed by atoms with E-state index in [0.29, 0.717) is 5.41 Å². The Balaban J connectivity index is 0.00000220. The van der Waals surface area contributed by atoms with E-state index >= 15 is 0 Å². The van der Waals surface area contributed by atoms with Crippen LogP contribution in [-0.4, -0.2) is 64.3 Å². The first kappa shape index (κ1) is 19.0. The second kappa shape index (κ2) is 9.84. The van der Waals surface area contributed by atoms with Crippen molar-refractivity contribution in [3.63, 3.8) is 0 Å². The van der Waals surface area contributed by atoms with Gasteiger partial charge in [0.2, 0.25) is 0 Å². The highest BCUT2D eigenvalue weighted by atomic mass is 127. The molecule has 2 aliphatic rings. The Morgan fingerprint density at radius 3 is 2.43 bits per heavy atom. The maximum Gasteiger partial charge on any atom is 0.190 e. The van der Waals surface area contributed by atoms with Gasteiger partial charge < -0.3 is 15.4 Å². The van der Waals surface area contributed by atoms with Crippen LogP contribution in [0.15, 0.2) is 4.99 Å². The summed E-state index contributed by atoms with van der Waals surface area (Å²) >= 11 is 0. The van der Waals surface area contributed by atoms with E-state index in [-0.39, 0.29) is 24.0 Å². The summed E-state index contributed by atoms with van der Waals surface area (Å²) in [5, 5.41) is 6.62. The number of nitrogens with one attached hydrogen (secondary N) is 2. The molecule has 1 saturated carbocycles. The van der Waals surface area contributed by atoms with Crippen molar-refractivity contribution in [3.05, 3.63) is 0 Å². The van der Waals surface area contributed by atoms with E-state index < -0.39 is 0 Å². The Morgan fingerprint density at radius 2 is 1.86 bits per heavy atom. The quantitative estimate of drug-likeness (QED) is 0.421. The molecule has 5 nitrogen and oxygen atoms in total. The number of morpholine rings is 1. The van der Waals surface area contributed by atoms with E-state index in [4.69, 9.17) is 4.74 Å². The van der Waals surface area contributed by atoms with E-state index in [9.17, 15) is 0 Å². The number of nitrogens with zero attached hydrogens (tertiary/aromatic N) is 2. The van der Waals surface area contributed by atoms with Crippen LogP contribution in [0, 0.1) is 5.41 Å². The largest absolute Gasteiger partial charge is 0.379 e. The van der Waals surface area contributed by atoms with Gasteiger partial charge in [0, 0.05) is 45.7 Å².